The van der Waals surface area contributed by atoms with Gasteiger partial charge >= 0.3 is 6.09 Å². The third kappa shape index (κ3) is 5.47. The largest absolute Gasteiger partial charge is 0.465 e. The molecule has 3 rings (SSSR count). The number of thiazole rings is 1. The Hall–Kier alpha value is -2.65. The van der Waals surface area contributed by atoms with Crippen molar-refractivity contribution in [1.82, 2.24) is 19.7 Å². The van der Waals surface area contributed by atoms with Crippen LogP contribution in [0, 0.1) is 5.41 Å². The number of amides is 2. The van der Waals surface area contributed by atoms with Crippen LogP contribution in [0.2, 0.25) is 0 Å². The molecule has 1 aliphatic heterocycles. The summed E-state index contributed by atoms with van der Waals surface area (Å²) in [6.45, 7) is 9.16. The summed E-state index contributed by atoms with van der Waals surface area (Å²) in [7, 11) is 3.81. The average molecular weight is 474 g/mol. The zero-order valence-corrected chi connectivity index (χ0v) is 21.0. The number of carbonyl (C=O) groups is 2. The van der Waals surface area contributed by atoms with Gasteiger partial charge in [-0.25, -0.2) is 4.79 Å². The summed E-state index contributed by atoms with van der Waals surface area (Å²) in [5, 5.41) is 14.5. The molecule has 1 aromatic heterocycles. The van der Waals surface area contributed by atoms with Gasteiger partial charge in [0.15, 0.2) is 4.80 Å². The minimum Gasteiger partial charge on any atom is -0.465 e. The van der Waals surface area contributed by atoms with E-state index in [0.29, 0.717) is 19.5 Å². The van der Waals surface area contributed by atoms with E-state index in [0.717, 1.165) is 30.0 Å². The number of rotatable bonds is 6. The Kier molecular flexibility index (Phi) is 7.64. The van der Waals surface area contributed by atoms with Crippen LogP contribution in [0.4, 0.5) is 4.79 Å². The van der Waals surface area contributed by atoms with Crippen molar-refractivity contribution in [2.75, 3.05) is 33.2 Å². The Morgan fingerprint density at radius 1 is 1.12 bits per heavy atom. The molecule has 0 spiro atoms. The maximum Gasteiger partial charge on any atom is 0.405 e. The van der Waals surface area contributed by atoms with Crippen molar-refractivity contribution in [3.05, 3.63) is 51.8 Å². The van der Waals surface area contributed by atoms with E-state index in [4.69, 9.17) is 0 Å². The zero-order chi connectivity index (χ0) is 24.2. The van der Waals surface area contributed by atoms with Crippen LogP contribution >= 0.6 is 11.3 Å². The smallest absolute Gasteiger partial charge is 0.405 e. The quantitative estimate of drug-likeness (QED) is 0.675. The first-order chi connectivity index (χ1) is 15.6. The highest BCUT2D eigenvalue weighted by atomic mass is 32.1. The van der Waals surface area contributed by atoms with Crippen LogP contribution in [0.3, 0.4) is 0 Å². The molecule has 0 bridgehead atoms. The van der Waals surface area contributed by atoms with Gasteiger partial charge in [-0.15, -0.1) is 11.3 Å². The number of aromatic nitrogens is 1. The summed E-state index contributed by atoms with van der Waals surface area (Å²) in [4.78, 5) is 35.2. The van der Waals surface area contributed by atoms with Crippen molar-refractivity contribution >= 4 is 23.3 Å². The fourth-order valence-electron chi connectivity index (χ4n) is 4.39. The number of benzene rings is 1. The lowest BCUT2D eigenvalue weighted by atomic mass is 9.69. The molecule has 2 aromatic rings. The fraction of sp³-hybridized carbons (Fsp3) is 0.542. The first-order valence-corrected chi connectivity index (χ1v) is 12.1. The molecule has 1 saturated heterocycles. The summed E-state index contributed by atoms with van der Waals surface area (Å²) in [6.07, 6.45) is -0.883. The predicted molar refractivity (Wildman–Crippen MR) is 130 cm³/mol. The normalized spacial score (nSPS) is 17.6. The second kappa shape index (κ2) is 10.1. The molecule has 33 heavy (non-hydrogen) atoms. The van der Waals surface area contributed by atoms with Crippen molar-refractivity contribution in [1.29, 1.82) is 0 Å². The van der Waals surface area contributed by atoms with E-state index in [-0.39, 0.29) is 5.91 Å². The van der Waals surface area contributed by atoms with Gasteiger partial charge in [0, 0.05) is 64.3 Å². The van der Waals surface area contributed by atoms with E-state index in [9.17, 15) is 14.7 Å². The van der Waals surface area contributed by atoms with Crippen molar-refractivity contribution in [2.24, 2.45) is 17.5 Å². The molecule has 1 aromatic carbocycles. The number of carboxylic acid groups (broad SMARTS) is 1. The SMILES string of the molecule is CN=c1scc(CN2CCN(C(=O)[C@](Cc3ccccc3)(NC(=O)O)C(C)(C)C)CC2)n1C. The highest BCUT2D eigenvalue weighted by molar-refractivity contribution is 7.07. The Labute approximate surface area is 199 Å². The molecule has 1 atom stereocenters. The van der Waals surface area contributed by atoms with E-state index < -0.39 is 17.0 Å². The Balaban J connectivity index is 1.79. The molecule has 0 saturated carbocycles. The van der Waals surface area contributed by atoms with Gasteiger partial charge in [-0.1, -0.05) is 51.1 Å². The van der Waals surface area contributed by atoms with Crippen LogP contribution in [0.15, 0.2) is 40.7 Å². The highest BCUT2D eigenvalue weighted by Crippen LogP contribution is 2.36. The molecule has 1 aliphatic rings. The van der Waals surface area contributed by atoms with Crippen molar-refractivity contribution < 1.29 is 14.7 Å². The monoisotopic (exact) mass is 473 g/mol. The summed E-state index contributed by atoms with van der Waals surface area (Å²) in [6, 6.07) is 9.61. The van der Waals surface area contributed by atoms with Crippen LogP contribution in [0.1, 0.15) is 32.0 Å². The minimum atomic E-state index is -1.26. The number of hydrogen-bond donors (Lipinski definition) is 2. The summed E-state index contributed by atoms with van der Waals surface area (Å²) in [5.74, 6) is -0.158. The van der Waals surface area contributed by atoms with Gasteiger partial charge in [0.25, 0.3) is 0 Å². The van der Waals surface area contributed by atoms with Gasteiger partial charge in [-0.3, -0.25) is 14.7 Å². The number of hydrogen-bond acceptors (Lipinski definition) is 5. The summed E-state index contributed by atoms with van der Waals surface area (Å²) < 4.78 is 2.10. The molecule has 2 heterocycles. The Morgan fingerprint density at radius 3 is 2.27 bits per heavy atom. The van der Waals surface area contributed by atoms with E-state index in [1.165, 1.54) is 5.69 Å². The third-order valence-corrected chi connectivity index (χ3v) is 7.59. The molecule has 8 nitrogen and oxygen atoms in total. The maximum absolute atomic E-state index is 13.9. The Morgan fingerprint density at radius 2 is 1.76 bits per heavy atom. The van der Waals surface area contributed by atoms with Crippen LogP contribution < -0.4 is 10.1 Å². The van der Waals surface area contributed by atoms with Gasteiger partial charge in [0.05, 0.1) is 0 Å². The van der Waals surface area contributed by atoms with Gasteiger partial charge in [0.1, 0.15) is 5.54 Å². The van der Waals surface area contributed by atoms with Crippen LogP contribution in [0.5, 0.6) is 0 Å². The lowest BCUT2D eigenvalue weighted by molar-refractivity contribution is -0.145. The van der Waals surface area contributed by atoms with Crippen molar-refractivity contribution in [3.63, 3.8) is 0 Å². The lowest BCUT2D eigenvalue weighted by Crippen LogP contribution is -2.68. The van der Waals surface area contributed by atoms with Crippen LogP contribution in [-0.2, 0) is 24.8 Å². The molecule has 0 aliphatic carbocycles. The molecule has 1 fully saturated rings. The van der Waals surface area contributed by atoms with E-state index in [2.05, 4.69) is 25.2 Å². The van der Waals surface area contributed by atoms with Crippen molar-refractivity contribution in [3.8, 4) is 0 Å². The van der Waals surface area contributed by atoms with Gasteiger partial charge in [-0.2, -0.15) is 0 Å². The standard InChI is InChI=1S/C24H35N5O3S/c1-23(2,3)24(26-22(31)32,15-18-9-7-6-8-10-18)20(30)29-13-11-28(12-14-29)16-19-17-33-21(25-4)27(19)5/h6-10,17,26H,11-16H2,1-5H3,(H,31,32)/t24-/m0/s1. The van der Waals surface area contributed by atoms with Crippen molar-refractivity contribution in [2.45, 2.75) is 39.3 Å². The minimum absolute atomic E-state index is 0.158. The second-order valence-corrected chi connectivity index (χ2v) is 10.4. The van der Waals surface area contributed by atoms with Gasteiger partial charge in [0.2, 0.25) is 5.91 Å². The highest BCUT2D eigenvalue weighted by Gasteiger charge is 2.52. The van der Waals surface area contributed by atoms with E-state index in [1.54, 1.807) is 18.4 Å². The molecule has 0 radical (unpaired) electrons. The average Bonchev–Trinajstić information content (AvgIpc) is 3.12. The fourth-order valence-corrected chi connectivity index (χ4v) is 5.24. The molecule has 2 amide bonds. The summed E-state index contributed by atoms with van der Waals surface area (Å²) in [5.41, 5.74) is 0.232. The summed E-state index contributed by atoms with van der Waals surface area (Å²) >= 11 is 1.62. The third-order valence-electron chi connectivity index (χ3n) is 6.53. The van der Waals surface area contributed by atoms with Crippen LogP contribution in [-0.4, -0.2) is 70.2 Å². The molecular weight excluding hydrogens is 438 g/mol. The number of carbonyl (C=O) groups excluding carboxylic acids is 1. The molecule has 9 heteroatoms. The first kappa shape index (κ1) is 25.0. The molecular formula is C24H35N5O3S. The first-order valence-electron chi connectivity index (χ1n) is 11.2. The molecule has 0 unspecified atom stereocenters. The Bertz CT molecular complexity index is 1030. The molecule has 2 N–H and O–H groups in total. The van der Waals surface area contributed by atoms with Crippen LogP contribution in [0.25, 0.3) is 0 Å². The predicted octanol–water partition coefficient (Wildman–Crippen LogP) is 2.56. The van der Waals surface area contributed by atoms with Gasteiger partial charge < -0.3 is 19.9 Å². The number of piperazine rings is 1. The molecule has 180 valence electrons. The number of nitrogens with zero attached hydrogens (tertiary/aromatic N) is 4. The topological polar surface area (TPSA) is 90.2 Å². The zero-order valence-electron chi connectivity index (χ0n) is 20.2. The second-order valence-electron chi connectivity index (χ2n) is 9.61. The van der Waals surface area contributed by atoms with E-state index in [1.807, 2.05) is 63.1 Å². The lowest BCUT2D eigenvalue weighted by Gasteiger charge is -2.47. The number of nitrogens with one attached hydrogen (secondary N) is 1. The maximum atomic E-state index is 13.9. The van der Waals surface area contributed by atoms with Gasteiger partial charge in [-0.05, 0) is 11.0 Å². The van der Waals surface area contributed by atoms with E-state index >= 15 is 0 Å².